The largest absolute Gasteiger partial charge is 0.393 e. The van der Waals surface area contributed by atoms with Crippen molar-refractivity contribution in [2.75, 3.05) is 18.0 Å². The zero-order chi connectivity index (χ0) is 23.3. The van der Waals surface area contributed by atoms with Crippen LogP contribution in [0.15, 0.2) is 49.1 Å². The first-order valence-electron chi connectivity index (χ1n) is 11.5. The SMILES string of the molecule is FC(F)(F)Cc1cc2c(N3CC4(CC[C@H](Cc5ccc(-c6cn[nH]c6)cc5)C4)C3)ncnc2s1. The predicted octanol–water partition coefficient (Wildman–Crippen LogP) is 6.04. The fraction of sp³-hybridized carbons (Fsp3) is 0.400. The van der Waals surface area contributed by atoms with E-state index >= 15 is 0 Å². The highest BCUT2D eigenvalue weighted by Crippen LogP contribution is 2.51. The van der Waals surface area contributed by atoms with Crippen LogP contribution in [0, 0.1) is 11.3 Å². The summed E-state index contributed by atoms with van der Waals surface area (Å²) in [6.45, 7) is 1.83. The molecule has 2 aliphatic rings. The van der Waals surface area contributed by atoms with E-state index in [0.717, 1.165) is 53.2 Å². The number of nitrogens with one attached hydrogen (secondary N) is 1. The maximum Gasteiger partial charge on any atom is 0.393 e. The van der Waals surface area contributed by atoms with Gasteiger partial charge in [0.05, 0.1) is 18.0 Å². The molecule has 176 valence electrons. The van der Waals surface area contributed by atoms with Gasteiger partial charge in [-0.1, -0.05) is 24.3 Å². The Hall–Kier alpha value is -2.94. The minimum atomic E-state index is -4.21. The normalized spacial score (nSPS) is 19.7. The maximum atomic E-state index is 12.8. The standard InChI is InChI=1S/C25H24F3N5S/c26-25(27,28)10-20-8-21-22(29-15-30-23(21)34-20)33-13-24(14-33)6-5-17(9-24)7-16-1-3-18(4-2-16)19-11-31-32-12-19/h1-4,8,11-12,15,17H,5-7,9-10,13-14H2,(H,31,32)/t17-/m1/s1. The Kier molecular flexibility index (Phi) is 5.13. The highest BCUT2D eigenvalue weighted by molar-refractivity contribution is 7.18. The fourth-order valence-corrected chi connectivity index (χ4v) is 6.73. The fourth-order valence-electron chi connectivity index (χ4n) is 5.71. The summed E-state index contributed by atoms with van der Waals surface area (Å²) >= 11 is 1.11. The Balaban J connectivity index is 1.10. The van der Waals surface area contributed by atoms with Crippen molar-refractivity contribution in [2.24, 2.45) is 11.3 Å². The molecule has 1 saturated carbocycles. The van der Waals surface area contributed by atoms with Gasteiger partial charge >= 0.3 is 6.18 Å². The van der Waals surface area contributed by atoms with E-state index in [9.17, 15) is 13.2 Å². The third-order valence-electron chi connectivity index (χ3n) is 7.20. The zero-order valence-electron chi connectivity index (χ0n) is 18.5. The van der Waals surface area contributed by atoms with E-state index in [1.165, 1.54) is 31.2 Å². The van der Waals surface area contributed by atoms with Crippen molar-refractivity contribution in [2.45, 2.75) is 38.3 Å². The third kappa shape index (κ3) is 4.17. The molecule has 0 amide bonds. The van der Waals surface area contributed by atoms with Crippen molar-refractivity contribution < 1.29 is 13.2 Å². The van der Waals surface area contributed by atoms with Crippen molar-refractivity contribution in [1.82, 2.24) is 20.2 Å². The molecule has 2 fully saturated rings. The molecule has 1 atom stereocenters. The van der Waals surface area contributed by atoms with Gasteiger partial charge in [0.25, 0.3) is 0 Å². The van der Waals surface area contributed by atoms with Crippen LogP contribution in [0.2, 0.25) is 0 Å². The van der Waals surface area contributed by atoms with Crippen LogP contribution in [0.5, 0.6) is 0 Å². The first-order chi connectivity index (χ1) is 16.4. The van der Waals surface area contributed by atoms with Crippen LogP contribution in [0.4, 0.5) is 19.0 Å². The molecule has 0 radical (unpaired) electrons. The lowest BCUT2D eigenvalue weighted by atomic mass is 9.77. The summed E-state index contributed by atoms with van der Waals surface area (Å²) in [7, 11) is 0. The Morgan fingerprint density at radius 1 is 1.12 bits per heavy atom. The highest BCUT2D eigenvalue weighted by atomic mass is 32.1. The number of halogens is 3. The molecule has 1 saturated heterocycles. The smallest absolute Gasteiger partial charge is 0.355 e. The molecule has 1 N–H and O–H groups in total. The van der Waals surface area contributed by atoms with Gasteiger partial charge in [-0.15, -0.1) is 11.3 Å². The Labute approximate surface area is 199 Å². The maximum absolute atomic E-state index is 12.8. The molecular formula is C25H24F3N5S. The van der Waals surface area contributed by atoms with Gasteiger partial charge in [-0.2, -0.15) is 18.3 Å². The van der Waals surface area contributed by atoms with Crippen LogP contribution in [0.1, 0.15) is 29.7 Å². The monoisotopic (exact) mass is 483 g/mol. The number of nitrogens with zero attached hydrogens (tertiary/aromatic N) is 4. The molecule has 4 aromatic rings. The van der Waals surface area contributed by atoms with Crippen molar-refractivity contribution in [3.05, 3.63) is 59.5 Å². The van der Waals surface area contributed by atoms with Crippen LogP contribution in [0.25, 0.3) is 21.3 Å². The Bertz CT molecular complexity index is 1290. The number of H-pyrrole nitrogens is 1. The van der Waals surface area contributed by atoms with Crippen LogP contribution in [-0.2, 0) is 12.8 Å². The second-order valence-electron chi connectivity index (χ2n) is 9.77. The van der Waals surface area contributed by atoms with Crippen molar-refractivity contribution >= 4 is 27.4 Å². The third-order valence-corrected chi connectivity index (χ3v) is 8.24. The Morgan fingerprint density at radius 3 is 2.68 bits per heavy atom. The molecule has 3 aromatic heterocycles. The molecule has 5 nitrogen and oxygen atoms in total. The van der Waals surface area contributed by atoms with E-state index < -0.39 is 12.6 Å². The number of fused-ring (bicyclic) bond motifs is 1. The highest BCUT2D eigenvalue weighted by Gasteiger charge is 2.48. The minimum absolute atomic E-state index is 0.291. The average molecular weight is 484 g/mol. The summed E-state index contributed by atoms with van der Waals surface area (Å²) in [6.07, 6.45) is 4.74. The lowest BCUT2D eigenvalue weighted by Gasteiger charge is -2.49. The quantitative estimate of drug-likeness (QED) is 0.376. The van der Waals surface area contributed by atoms with Gasteiger partial charge in [0.15, 0.2) is 0 Å². The van der Waals surface area contributed by atoms with Crippen LogP contribution in [-0.4, -0.2) is 39.4 Å². The molecule has 1 aliphatic heterocycles. The van der Waals surface area contributed by atoms with Gasteiger partial charge in [0.2, 0.25) is 0 Å². The van der Waals surface area contributed by atoms with E-state index in [0.29, 0.717) is 21.0 Å². The molecule has 9 heteroatoms. The molecule has 0 unspecified atom stereocenters. The molecular weight excluding hydrogens is 459 g/mol. The number of aromatic nitrogens is 4. The van der Waals surface area contributed by atoms with Crippen molar-refractivity contribution in [3.8, 4) is 11.1 Å². The number of hydrogen-bond acceptors (Lipinski definition) is 5. The number of anilines is 1. The van der Waals surface area contributed by atoms with Gasteiger partial charge in [-0.05, 0) is 48.8 Å². The molecule has 0 bridgehead atoms. The second-order valence-corrected chi connectivity index (χ2v) is 10.9. The minimum Gasteiger partial charge on any atom is -0.355 e. The van der Waals surface area contributed by atoms with Gasteiger partial charge < -0.3 is 4.90 Å². The van der Waals surface area contributed by atoms with E-state index in [-0.39, 0.29) is 0 Å². The second kappa shape index (κ2) is 8.08. The lowest BCUT2D eigenvalue weighted by molar-refractivity contribution is -0.126. The molecule has 1 aromatic carbocycles. The first-order valence-corrected chi connectivity index (χ1v) is 12.3. The summed E-state index contributed by atoms with van der Waals surface area (Å²) in [5, 5.41) is 7.61. The van der Waals surface area contributed by atoms with Crippen LogP contribution in [0.3, 0.4) is 0 Å². The van der Waals surface area contributed by atoms with Crippen LogP contribution >= 0.6 is 11.3 Å². The topological polar surface area (TPSA) is 57.7 Å². The number of thiophene rings is 1. The summed E-state index contributed by atoms with van der Waals surface area (Å²) in [5.41, 5.74) is 3.91. The zero-order valence-corrected chi connectivity index (χ0v) is 19.3. The Morgan fingerprint density at radius 2 is 1.94 bits per heavy atom. The van der Waals surface area contributed by atoms with Crippen molar-refractivity contribution in [1.29, 1.82) is 0 Å². The van der Waals surface area contributed by atoms with Gasteiger partial charge in [0.1, 0.15) is 17.0 Å². The number of alkyl halides is 3. The molecule has 1 aliphatic carbocycles. The van der Waals surface area contributed by atoms with E-state index in [1.807, 2.05) is 12.4 Å². The first kappa shape index (κ1) is 21.6. The molecule has 6 rings (SSSR count). The number of rotatable bonds is 5. The van der Waals surface area contributed by atoms with Gasteiger partial charge in [-0.3, -0.25) is 5.10 Å². The average Bonchev–Trinajstić information content (AvgIpc) is 3.51. The van der Waals surface area contributed by atoms with E-state index in [2.05, 4.69) is 49.3 Å². The van der Waals surface area contributed by atoms with Gasteiger partial charge in [-0.25, -0.2) is 9.97 Å². The van der Waals surface area contributed by atoms with E-state index in [4.69, 9.17) is 0 Å². The lowest BCUT2D eigenvalue weighted by Crippen LogP contribution is -2.55. The number of hydrogen-bond donors (Lipinski definition) is 1. The number of aromatic amines is 1. The summed E-state index contributed by atoms with van der Waals surface area (Å²) in [5.74, 6) is 1.44. The van der Waals surface area contributed by atoms with Crippen LogP contribution < -0.4 is 4.90 Å². The summed E-state index contributed by atoms with van der Waals surface area (Å²) in [6, 6.07) is 10.4. The van der Waals surface area contributed by atoms with E-state index in [1.54, 1.807) is 6.07 Å². The molecule has 4 heterocycles. The molecule has 34 heavy (non-hydrogen) atoms. The predicted molar refractivity (Wildman–Crippen MR) is 127 cm³/mol. The molecule has 1 spiro atoms. The summed E-state index contributed by atoms with van der Waals surface area (Å²) in [4.78, 5) is 11.8. The summed E-state index contributed by atoms with van der Waals surface area (Å²) < 4.78 is 38.5. The van der Waals surface area contributed by atoms with Gasteiger partial charge in [0, 0.05) is 35.1 Å². The van der Waals surface area contributed by atoms with Crippen molar-refractivity contribution in [3.63, 3.8) is 0 Å². The number of benzene rings is 1.